The number of carbonyl (C=O) groups excluding carboxylic acids is 1. The third kappa shape index (κ3) is 4.86. The highest BCUT2D eigenvalue weighted by molar-refractivity contribution is 9.10. The molecule has 0 aromatic heterocycles. The summed E-state index contributed by atoms with van der Waals surface area (Å²) in [5.41, 5.74) is 1.40. The van der Waals surface area contributed by atoms with Crippen LogP contribution in [-0.4, -0.2) is 26.8 Å². The van der Waals surface area contributed by atoms with Gasteiger partial charge in [0, 0.05) is 4.47 Å². The van der Waals surface area contributed by atoms with Crippen molar-refractivity contribution in [1.29, 1.82) is 0 Å². The Balaban J connectivity index is 2.03. The molecule has 0 radical (unpaired) electrons. The van der Waals surface area contributed by atoms with E-state index >= 15 is 0 Å². The maximum atomic E-state index is 11.8. The van der Waals surface area contributed by atoms with Gasteiger partial charge in [0.2, 0.25) is 0 Å². The minimum atomic E-state index is -0.432. The maximum absolute atomic E-state index is 11.8. The molecular weight excluding hydrogens is 360 g/mol. The van der Waals surface area contributed by atoms with Crippen molar-refractivity contribution in [3.8, 4) is 11.5 Å². The molecule has 0 bridgehead atoms. The summed E-state index contributed by atoms with van der Waals surface area (Å²) in [6.07, 6.45) is 3.80. The van der Waals surface area contributed by atoms with Crippen molar-refractivity contribution >= 4 is 28.0 Å². The first-order chi connectivity index (χ1) is 11.1. The summed E-state index contributed by atoms with van der Waals surface area (Å²) in [5.74, 6) is 0.849. The highest BCUT2D eigenvalue weighted by Gasteiger charge is 2.13. The Hall–Kier alpha value is -2.27. The molecule has 2 aromatic carbocycles. The van der Waals surface area contributed by atoms with E-state index in [9.17, 15) is 4.79 Å². The molecule has 23 heavy (non-hydrogen) atoms. The van der Waals surface area contributed by atoms with Crippen molar-refractivity contribution in [2.75, 3.05) is 20.8 Å². The molecule has 0 unspecified atom stereocenters. The molecule has 0 heterocycles. The van der Waals surface area contributed by atoms with E-state index in [0.717, 1.165) is 15.8 Å². The van der Waals surface area contributed by atoms with E-state index in [-0.39, 0.29) is 0 Å². The normalized spacial score (nSPS) is 10.6. The second kappa shape index (κ2) is 8.39. The highest BCUT2D eigenvalue weighted by atomic mass is 79.9. The molecule has 0 saturated carbocycles. The number of methoxy groups -OCH3 is 2. The van der Waals surface area contributed by atoms with E-state index in [0.29, 0.717) is 17.9 Å². The summed E-state index contributed by atoms with van der Waals surface area (Å²) >= 11 is 3.33. The van der Waals surface area contributed by atoms with Gasteiger partial charge < -0.3 is 14.2 Å². The van der Waals surface area contributed by atoms with Crippen LogP contribution in [0.3, 0.4) is 0 Å². The zero-order valence-corrected chi connectivity index (χ0v) is 14.5. The monoisotopic (exact) mass is 376 g/mol. The van der Waals surface area contributed by atoms with Gasteiger partial charge in [0.15, 0.2) is 0 Å². The quantitative estimate of drug-likeness (QED) is 0.703. The Kier molecular flexibility index (Phi) is 6.23. The van der Waals surface area contributed by atoms with Crippen LogP contribution in [0.25, 0.3) is 6.08 Å². The summed E-state index contributed by atoms with van der Waals surface area (Å²) in [7, 11) is 2.98. The first kappa shape index (κ1) is 17.1. The molecule has 0 atom stereocenters. The van der Waals surface area contributed by atoms with E-state index in [4.69, 9.17) is 14.2 Å². The third-order valence-electron chi connectivity index (χ3n) is 3.09. The van der Waals surface area contributed by atoms with Gasteiger partial charge in [0.1, 0.15) is 23.7 Å². The second-order valence-corrected chi connectivity index (χ2v) is 5.54. The fourth-order valence-electron chi connectivity index (χ4n) is 1.96. The molecule has 0 aliphatic heterocycles. The minimum Gasteiger partial charge on any atom is -0.497 e. The molecule has 4 nitrogen and oxygen atoms in total. The zero-order chi connectivity index (χ0) is 16.7. The zero-order valence-electron chi connectivity index (χ0n) is 12.9. The summed E-state index contributed by atoms with van der Waals surface area (Å²) in [5, 5.41) is 0. The molecule has 0 N–H and O–H groups in total. The average Bonchev–Trinajstić information content (AvgIpc) is 2.59. The topological polar surface area (TPSA) is 44.8 Å². The lowest BCUT2D eigenvalue weighted by molar-refractivity contribution is 0.0596. The number of ether oxygens (including phenoxy) is 3. The molecule has 0 fully saturated rings. The van der Waals surface area contributed by atoms with Gasteiger partial charge in [-0.15, -0.1) is 0 Å². The van der Waals surface area contributed by atoms with E-state index in [2.05, 4.69) is 15.9 Å². The second-order valence-electron chi connectivity index (χ2n) is 4.62. The molecular formula is C18H17BrO4. The van der Waals surface area contributed by atoms with Gasteiger partial charge in [0.25, 0.3) is 0 Å². The lowest BCUT2D eigenvalue weighted by Gasteiger charge is -2.09. The van der Waals surface area contributed by atoms with Crippen molar-refractivity contribution < 1.29 is 19.0 Å². The number of halogens is 1. The van der Waals surface area contributed by atoms with Crippen LogP contribution in [0.1, 0.15) is 15.9 Å². The van der Waals surface area contributed by atoms with Crippen LogP contribution in [-0.2, 0) is 4.74 Å². The smallest absolute Gasteiger partial charge is 0.341 e. The van der Waals surface area contributed by atoms with E-state index < -0.39 is 5.97 Å². The lowest BCUT2D eigenvalue weighted by Crippen LogP contribution is -2.05. The Bertz CT molecular complexity index is 710. The number of hydrogen-bond donors (Lipinski definition) is 0. The largest absolute Gasteiger partial charge is 0.497 e. The van der Waals surface area contributed by atoms with Crippen molar-refractivity contribution in [1.82, 2.24) is 0 Å². The first-order valence-corrected chi connectivity index (χ1v) is 7.74. The molecule has 0 spiro atoms. The Morgan fingerprint density at radius 2 is 2.00 bits per heavy atom. The summed E-state index contributed by atoms with van der Waals surface area (Å²) in [6, 6.07) is 12.9. The van der Waals surface area contributed by atoms with Gasteiger partial charge in [-0.1, -0.05) is 34.1 Å². The fraction of sp³-hybridized carbons (Fsp3) is 0.167. The Labute approximate surface area is 143 Å². The van der Waals surface area contributed by atoms with Crippen LogP contribution in [0.4, 0.5) is 0 Å². The number of carbonyl (C=O) groups is 1. The average molecular weight is 377 g/mol. The molecule has 0 amide bonds. The standard InChI is InChI=1S/C18H17BrO4/c1-21-15-7-3-5-13(11-15)6-4-10-23-17-9-8-14(19)12-16(17)18(20)22-2/h3-9,11-12H,10H2,1-2H3. The molecule has 0 aliphatic carbocycles. The SMILES string of the molecule is COC(=O)c1cc(Br)ccc1OCC=Cc1cccc(OC)c1. The Morgan fingerprint density at radius 1 is 1.17 bits per heavy atom. The van der Waals surface area contributed by atoms with Crippen LogP contribution in [0, 0.1) is 0 Å². The van der Waals surface area contributed by atoms with Gasteiger partial charge in [-0.25, -0.2) is 4.79 Å². The first-order valence-electron chi connectivity index (χ1n) is 6.95. The van der Waals surface area contributed by atoms with Gasteiger partial charge >= 0.3 is 5.97 Å². The number of benzene rings is 2. The van der Waals surface area contributed by atoms with Gasteiger partial charge in [-0.3, -0.25) is 0 Å². The minimum absolute atomic E-state index is 0.336. The van der Waals surface area contributed by atoms with Crippen molar-refractivity contribution in [3.63, 3.8) is 0 Å². The van der Waals surface area contributed by atoms with E-state index in [1.165, 1.54) is 7.11 Å². The molecule has 2 aromatic rings. The fourth-order valence-corrected chi connectivity index (χ4v) is 2.33. The maximum Gasteiger partial charge on any atom is 0.341 e. The van der Waals surface area contributed by atoms with Gasteiger partial charge in [-0.05, 0) is 42.0 Å². The summed E-state index contributed by atoms with van der Waals surface area (Å²) in [4.78, 5) is 11.8. The van der Waals surface area contributed by atoms with Crippen molar-refractivity contribution in [3.05, 3.63) is 64.1 Å². The number of hydrogen-bond acceptors (Lipinski definition) is 4. The predicted octanol–water partition coefficient (Wildman–Crippen LogP) is 4.34. The third-order valence-corrected chi connectivity index (χ3v) is 3.58. The molecule has 2 rings (SSSR count). The highest BCUT2D eigenvalue weighted by Crippen LogP contribution is 2.24. The van der Waals surface area contributed by atoms with Crippen LogP contribution >= 0.6 is 15.9 Å². The molecule has 0 aliphatic rings. The van der Waals surface area contributed by atoms with Gasteiger partial charge in [0.05, 0.1) is 14.2 Å². The summed E-state index contributed by atoms with van der Waals surface area (Å²) in [6.45, 7) is 0.336. The van der Waals surface area contributed by atoms with Crippen molar-refractivity contribution in [2.45, 2.75) is 0 Å². The van der Waals surface area contributed by atoms with Crippen LogP contribution in [0.5, 0.6) is 11.5 Å². The summed E-state index contributed by atoms with van der Waals surface area (Å²) < 4.78 is 16.4. The number of rotatable bonds is 6. The van der Waals surface area contributed by atoms with Gasteiger partial charge in [-0.2, -0.15) is 0 Å². The van der Waals surface area contributed by atoms with Crippen LogP contribution < -0.4 is 9.47 Å². The predicted molar refractivity (Wildman–Crippen MR) is 93.0 cm³/mol. The number of esters is 1. The lowest BCUT2D eigenvalue weighted by atomic mass is 10.2. The molecule has 120 valence electrons. The van der Waals surface area contributed by atoms with E-state index in [1.54, 1.807) is 19.2 Å². The Morgan fingerprint density at radius 3 is 2.74 bits per heavy atom. The molecule has 5 heteroatoms. The van der Waals surface area contributed by atoms with Crippen molar-refractivity contribution in [2.24, 2.45) is 0 Å². The van der Waals surface area contributed by atoms with E-state index in [1.807, 2.05) is 42.5 Å². The van der Waals surface area contributed by atoms with Crippen LogP contribution in [0.15, 0.2) is 53.0 Å². The van der Waals surface area contributed by atoms with Crippen LogP contribution in [0.2, 0.25) is 0 Å². The molecule has 0 saturated heterocycles.